The van der Waals surface area contributed by atoms with Gasteiger partial charge >= 0.3 is 0 Å². The molecule has 1 aromatic carbocycles. The molecular weight excluding hydrogens is 240 g/mol. The Kier molecular flexibility index (Phi) is 4.93. The fourth-order valence-electron chi connectivity index (χ4n) is 2.73. The summed E-state index contributed by atoms with van der Waals surface area (Å²) in [7, 11) is 0. The normalized spacial score (nSPS) is 20.4. The van der Waals surface area contributed by atoms with Crippen molar-refractivity contribution in [2.45, 2.75) is 31.7 Å². The van der Waals surface area contributed by atoms with E-state index in [4.69, 9.17) is 10.8 Å². The second-order valence-corrected chi connectivity index (χ2v) is 5.18. The molecule has 3 N–H and O–H groups in total. The molecule has 1 heterocycles. The zero-order chi connectivity index (χ0) is 13.7. The molecule has 0 amide bonds. The molecular formula is C15H22N2O2. The summed E-state index contributed by atoms with van der Waals surface area (Å²) in [6, 6.07) is 7.47. The predicted molar refractivity (Wildman–Crippen MR) is 76.1 cm³/mol. The summed E-state index contributed by atoms with van der Waals surface area (Å²) in [5, 5.41) is 9.10. The van der Waals surface area contributed by atoms with E-state index in [1.165, 1.54) is 6.42 Å². The van der Waals surface area contributed by atoms with Gasteiger partial charge in [-0.15, -0.1) is 0 Å². The van der Waals surface area contributed by atoms with Crippen LogP contribution in [0.5, 0.6) is 0 Å². The molecule has 19 heavy (non-hydrogen) atoms. The monoisotopic (exact) mass is 262 g/mol. The summed E-state index contributed by atoms with van der Waals surface area (Å²) in [5.41, 5.74) is 7.00. The largest absolute Gasteiger partial charge is 0.399 e. The number of piperidine rings is 1. The maximum Gasteiger partial charge on any atom is 0.176 e. The molecule has 1 aliphatic heterocycles. The van der Waals surface area contributed by atoms with Crippen LogP contribution in [0.4, 0.5) is 5.69 Å². The molecule has 1 aliphatic rings. The second-order valence-electron chi connectivity index (χ2n) is 5.18. The molecule has 4 nitrogen and oxygen atoms in total. The van der Waals surface area contributed by atoms with Gasteiger partial charge in [0.15, 0.2) is 5.78 Å². The minimum Gasteiger partial charge on any atom is -0.399 e. The summed E-state index contributed by atoms with van der Waals surface area (Å²) in [6.45, 7) is 1.56. The molecule has 0 spiro atoms. The van der Waals surface area contributed by atoms with Crippen LogP contribution < -0.4 is 5.73 Å². The van der Waals surface area contributed by atoms with Gasteiger partial charge in [-0.3, -0.25) is 9.69 Å². The van der Waals surface area contributed by atoms with Crippen LogP contribution in [0.1, 0.15) is 36.0 Å². The van der Waals surface area contributed by atoms with Crippen molar-refractivity contribution < 1.29 is 9.90 Å². The van der Waals surface area contributed by atoms with Crippen LogP contribution >= 0.6 is 0 Å². The number of aliphatic hydroxyl groups excluding tert-OH is 1. The lowest BCUT2D eigenvalue weighted by Crippen LogP contribution is -2.43. The van der Waals surface area contributed by atoms with Gasteiger partial charge in [-0.05, 0) is 37.9 Å². The van der Waals surface area contributed by atoms with Crippen LogP contribution in [0.25, 0.3) is 0 Å². The quantitative estimate of drug-likeness (QED) is 0.626. The SMILES string of the molecule is Nc1cccc(C(=O)CN2CCCCC2CCO)c1. The van der Waals surface area contributed by atoms with Crippen molar-refractivity contribution in [2.75, 3.05) is 25.4 Å². The van der Waals surface area contributed by atoms with E-state index in [9.17, 15) is 4.79 Å². The molecule has 2 rings (SSSR count). The van der Waals surface area contributed by atoms with Gasteiger partial charge in [0.1, 0.15) is 0 Å². The van der Waals surface area contributed by atoms with Crippen molar-refractivity contribution in [3.8, 4) is 0 Å². The van der Waals surface area contributed by atoms with Gasteiger partial charge in [0.2, 0.25) is 0 Å². The average Bonchev–Trinajstić information content (AvgIpc) is 2.41. The lowest BCUT2D eigenvalue weighted by Gasteiger charge is -2.34. The molecule has 1 unspecified atom stereocenters. The van der Waals surface area contributed by atoms with E-state index in [2.05, 4.69) is 4.90 Å². The van der Waals surface area contributed by atoms with Crippen molar-refractivity contribution in [3.63, 3.8) is 0 Å². The summed E-state index contributed by atoms with van der Waals surface area (Å²) >= 11 is 0. The highest BCUT2D eigenvalue weighted by atomic mass is 16.3. The third kappa shape index (κ3) is 3.78. The number of carbonyl (C=O) groups excluding carboxylic acids is 1. The zero-order valence-corrected chi connectivity index (χ0v) is 11.2. The Morgan fingerprint density at radius 3 is 3.00 bits per heavy atom. The minimum absolute atomic E-state index is 0.108. The van der Waals surface area contributed by atoms with E-state index in [-0.39, 0.29) is 12.4 Å². The van der Waals surface area contributed by atoms with Crippen LogP contribution in [0, 0.1) is 0 Å². The maximum atomic E-state index is 12.3. The van der Waals surface area contributed by atoms with E-state index in [0.717, 1.165) is 25.8 Å². The Balaban J connectivity index is 2.00. The van der Waals surface area contributed by atoms with Crippen molar-refractivity contribution in [3.05, 3.63) is 29.8 Å². The molecule has 0 radical (unpaired) electrons. The average molecular weight is 262 g/mol. The Morgan fingerprint density at radius 1 is 1.42 bits per heavy atom. The van der Waals surface area contributed by atoms with E-state index in [0.29, 0.717) is 23.8 Å². The molecule has 0 bridgehead atoms. The molecule has 0 saturated carbocycles. The summed E-state index contributed by atoms with van der Waals surface area (Å²) < 4.78 is 0. The zero-order valence-electron chi connectivity index (χ0n) is 11.2. The fraction of sp³-hybridized carbons (Fsp3) is 0.533. The van der Waals surface area contributed by atoms with Gasteiger partial charge in [-0.25, -0.2) is 0 Å². The lowest BCUT2D eigenvalue weighted by atomic mass is 9.98. The standard InChI is InChI=1S/C15H22N2O2/c16-13-5-3-4-12(10-13)15(19)11-17-8-2-1-6-14(17)7-9-18/h3-5,10,14,18H,1-2,6-9,11,16H2. The van der Waals surface area contributed by atoms with E-state index in [1.54, 1.807) is 12.1 Å². The number of hydrogen-bond donors (Lipinski definition) is 2. The minimum atomic E-state index is 0.108. The van der Waals surface area contributed by atoms with Gasteiger partial charge in [0, 0.05) is 23.9 Å². The van der Waals surface area contributed by atoms with Crippen LogP contribution in [0.15, 0.2) is 24.3 Å². The van der Waals surface area contributed by atoms with Crippen LogP contribution in [-0.4, -0.2) is 41.5 Å². The van der Waals surface area contributed by atoms with Crippen LogP contribution in [0.3, 0.4) is 0 Å². The summed E-state index contributed by atoms with van der Waals surface area (Å²) in [6.07, 6.45) is 4.15. The van der Waals surface area contributed by atoms with Gasteiger partial charge in [-0.2, -0.15) is 0 Å². The lowest BCUT2D eigenvalue weighted by molar-refractivity contribution is 0.0799. The number of carbonyl (C=O) groups is 1. The highest BCUT2D eigenvalue weighted by Gasteiger charge is 2.24. The summed E-state index contributed by atoms with van der Waals surface area (Å²) in [5.74, 6) is 0.108. The molecule has 0 aromatic heterocycles. The van der Waals surface area contributed by atoms with E-state index in [1.807, 2.05) is 12.1 Å². The van der Waals surface area contributed by atoms with Crippen LogP contribution in [0.2, 0.25) is 0 Å². The van der Waals surface area contributed by atoms with Crippen molar-refractivity contribution in [1.29, 1.82) is 0 Å². The summed E-state index contributed by atoms with van der Waals surface area (Å²) in [4.78, 5) is 14.5. The third-order valence-electron chi connectivity index (χ3n) is 3.77. The second kappa shape index (κ2) is 6.68. The molecule has 1 atom stereocenters. The fourth-order valence-corrected chi connectivity index (χ4v) is 2.73. The molecule has 4 heteroatoms. The van der Waals surface area contributed by atoms with Crippen molar-refractivity contribution in [1.82, 2.24) is 4.90 Å². The molecule has 1 fully saturated rings. The number of anilines is 1. The topological polar surface area (TPSA) is 66.6 Å². The Morgan fingerprint density at radius 2 is 2.26 bits per heavy atom. The first-order valence-electron chi connectivity index (χ1n) is 6.94. The van der Waals surface area contributed by atoms with Gasteiger partial charge in [0.25, 0.3) is 0 Å². The van der Waals surface area contributed by atoms with E-state index >= 15 is 0 Å². The number of likely N-dealkylation sites (tertiary alicyclic amines) is 1. The molecule has 1 saturated heterocycles. The predicted octanol–water partition coefficient (Wildman–Crippen LogP) is 1.69. The van der Waals surface area contributed by atoms with Gasteiger partial charge in [-0.1, -0.05) is 18.6 Å². The number of Topliss-reactive ketones (excluding diaryl/α,β-unsaturated/α-hetero) is 1. The van der Waals surface area contributed by atoms with E-state index < -0.39 is 0 Å². The smallest absolute Gasteiger partial charge is 0.176 e. The first-order chi connectivity index (χ1) is 9.20. The molecule has 0 aliphatic carbocycles. The Bertz CT molecular complexity index is 432. The number of nitrogens with two attached hydrogens (primary N) is 1. The maximum absolute atomic E-state index is 12.3. The number of nitrogen functional groups attached to an aromatic ring is 1. The Labute approximate surface area is 114 Å². The number of ketones is 1. The van der Waals surface area contributed by atoms with Gasteiger partial charge < -0.3 is 10.8 Å². The number of nitrogens with zero attached hydrogens (tertiary/aromatic N) is 1. The first-order valence-corrected chi connectivity index (χ1v) is 6.94. The third-order valence-corrected chi connectivity index (χ3v) is 3.77. The molecule has 1 aromatic rings. The molecule has 104 valence electrons. The van der Waals surface area contributed by atoms with Gasteiger partial charge in [0.05, 0.1) is 6.54 Å². The highest BCUT2D eigenvalue weighted by molar-refractivity contribution is 5.98. The van der Waals surface area contributed by atoms with Crippen molar-refractivity contribution >= 4 is 11.5 Å². The Hall–Kier alpha value is -1.39. The highest BCUT2D eigenvalue weighted by Crippen LogP contribution is 2.20. The first kappa shape index (κ1) is 14.0. The number of hydrogen-bond acceptors (Lipinski definition) is 4. The van der Waals surface area contributed by atoms with Crippen molar-refractivity contribution in [2.24, 2.45) is 0 Å². The number of aliphatic hydroxyl groups is 1. The van der Waals surface area contributed by atoms with Crippen LogP contribution in [-0.2, 0) is 0 Å². The number of rotatable bonds is 5. The number of benzene rings is 1.